The summed E-state index contributed by atoms with van der Waals surface area (Å²) in [6.07, 6.45) is 1.45. The first-order valence-electron chi connectivity index (χ1n) is 6.86. The van der Waals surface area contributed by atoms with E-state index in [4.69, 9.17) is 9.15 Å². The van der Waals surface area contributed by atoms with Crippen LogP contribution < -0.4 is 10.2 Å². The molecule has 0 saturated carbocycles. The van der Waals surface area contributed by atoms with E-state index < -0.39 is 5.91 Å². The maximum absolute atomic E-state index is 12.0. The maximum Gasteiger partial charge on any atom is 0.307 e. The molecule has 3 rings (SSSR count). The third-order valence-electron chi connectivity index (χ3n) is 3.23. The summed E-state index contributed by atoms with van der Waals surface area (Å²) in [4.78, 5) is 12.0. The third-order valence-corrected chi connectivity index (χ3v) is 3.23. The van der Waals surface area contributed by atoms with Crippen molar-refractivity contribution in [3.63, 3.8) is 0 Å². The lowest BCUT2D eigenvalue weighted by Crippen LogP contribution is -2.16. The number of benzene rings is 2. The molecule has 0 aliphatic rings. The molecule has 0 spiro atoms. The van der Waals surface area contributed by atoms with E-state index >= 15 is 0 Å². The van der Waals surface area contributed by atoms with Gasteiger partial charge in [0.2, 0.25) is 0 Å². The van der Waals surface area contributed by atoms with Crippen molar-refractivity contribution in [1.82, 2.24) is 5.43 Å². The van der Waals surface area contributed by atoms with Gasteiger partial charge in [0.1, 0.15) is 5.58 Å². The van der Waals surface area contributed by atoms with Crippen LogP contribution in [0.15, 0.2) is 58.0 Å². The number of fused-ring (bicyclic) bond motifs is 1. The van der Waals surface area contributed by atoms with Gasteiger partial charge in [-0.25, -0.2) is 5.43 Å². The quantitative estimate of drug-likeness (QED) is 0.573. The van der Waals surface area contributed by atoms with Gasteiger partial charge in [0.25, 0.3) is 0 Å². The number of hydrogen-bond donors (Lipinski definition) is 2. The van der Waals surface area contributed by atoms with Crippen LogP contribution in [0.1, 0.15) is 16.1 Å². The zero-order valence-corrected chi connectivity index (χ0v) is 12.3. The number of carbonyl (C=O) groups is 1. The number of hydrogen-bond acceptors (Lipinski definition) is 5. The van der Waals surface area contributed by atoms with Crippen LogP contribution in [0.25, 0.3) is 11.0 Å². The normalized spacial score (nSPS) is 11.0. The highest BCUT2D eigenvalue weighted by atomic mass is 16.5. The van der Waals surface area contributed by atoms with Gasteiger partial charge >= 0.3 is 5.91 Å². The summed E-state index contributed by atoms with van der Waals surface area (Å²) >= 11 is 0. The molecule has 2 aromatic carbocycles. The Labute approximate surface area is 132 Å². The SMILES string of the molecule is COc1cc(/C=N/NC(=O)c2cc3ccccc3o2)ccc1O. The van der Waals surface area contributed by atoms with E-state index in [-0.39, 0.29) is 11.5 Å². The Hall–Kier alpha value is -3.28. The number of ether oxygens (including phenoxy) is 1. The molecule has 1 heterocycles. The van der Waals surface area contributed by atoms with Crippen molar-refractivity contribution < 1.29 is 19.1 Å². The van der Waals surface area contributed by atoms with E-state index in [0.29, 0.717) is 16.9 Å². The van der Waals surface area contributed by atoms with Crippen molar-refractivity contribution in [3.05, 3.63) is 59.9 Å². The zero-order chi connectivity index (χ0) is 16.2. The molecule has 1 amide bonds. The zero-order valence-electron chi connectivity index (χ0n) is 12.3. The number of carbonyl (C=O) groups excluding carboxylic acids is 1. The largest absolute Gasteiger partial charge is 0.504 e. The molecular formula is C17H14N2O4. The number of nitrogens with zero attached hydrogens (tertiary/aromatic N) is 1. The van der Waals surface area contributed by atoms with Gasteiger partial charge < -0.3 is 14.3 Å². The number of furan rings is 1. The number of para-hydroxylation sites is 1. The lowest BCUT2D eigenvalue weighted by atomic mass is 10.2. The molecule has 0 radical (unpaired) electrons. The number of amides is 1. The van der Waals surface area contributed by atoms with Gasteiger partial charge in [-0.15, -0.1) is 0 Å². The van der Waals surface area contributed by atoms with Crippen LogP contribution in [-0.4, -0.2) is 24.3 Å². The van der Waals surface area contributed by atoms with Crippen molar-refractivity contribution in [3.8, 4) is 11.5 Å². The van der Waals surface area contributed by atoms with E-state index in [1.165, 1.54) is 19.4 Å². The molecule has 0 atom stereocenters. The van der Waals surface area contributed by atoms with Gasteiger partial charge in [-0.1, -0.05) is 18.2 Å². The van der Waals surface area contributed by atoms with Crippen LogP contribution in [0.4, 0.5) is 0 Å². The standard InChI is InChI=1S/C17H14N2O4/c1-22-15-8-11(6-7-13(15)20)10-18-19-17(21)16-9-12-4-2-3-5-14(12)23-16/h2-10,20H,1H3,(H,19,21)/b18-10+. The van der Waals surface area contributed by atoms with Gasteiger partial charge in [0, 0.05) is 5.39 Å². The fourth-order valence-corrected chi connectivity index (χ4v) is 2.09. The average Bonchev–Trinajstić information content (AvgIpc) is 3.00. The lowest BCUT2D eigenvalue weighted by molar-refractivity contribution is 0.0929. The van der Waals surface area contributed by atoms with Gasteiger partial charge in [0.15, 0.2) is 17.3 Å². The molecule has 0 aliphatic heterocycles. The lowest BCUT2D eigenvalue weighted by Gasteiger charge is -2.03. The van der Waals surface area contributed by atoms with E-state index in [9.17, 15) is 9.90 Å². The second kappa shape index (κ2) is 6.23. The second-order valence-corrected chi connectivity index (χ2v) is 4.78. The molecule has 0 aliphatic carbocycles. The van der Waals surface area contributed by atoms with Crippen LogP contribution in [0, 0.1) is 0 Å². The monoisotopic (exact) mass is 310 g/mol. The summed E-state index contributed by atoms with van der Waals surface area (Å²) in [5.74, 6) is 0.114. The Morgan fingerprint density at radius 1 is 1.26 bits per heavy atom. The number of hydrazone groups is 1. The summed E-state index contributed by atoms with van der Waals surface area (Å²) < 4.78 is 10.4. The van der Waals surface area contributed by atoms with Crippen LogP contribution in [0.3, 0.4) is 0 Å². The molecule has 23 heavy (non-hydrogen) atoms. The first-order chi connectivity index (χ1) is 11.2. The van der Waals surface area contributed by atoms with Crippen molar-refractivity contribution in [2.75, 3.05) is 7.11 Å². The highest BCUT2D eigenvalue weighted by molar-refractivity contribution is 5.96. The minimum absolute atomic E-state index is 0.0379. The second-order valence-electron chi connectivity index (χ2n) is 4.78. The predicted molar refractivity (Wildman–Crippen MR) is 85.9 cm³/mol. The summed E-state index contributed by atoms with van der Waals surface area (Å²) in [6.45, 7) is 0. The Morgan fingerprint density at radius 2 is 2.09 bits per heavy atom. The molecular weight excluding hydrogens is 296 g/mol. The van der Waals surface area contributed by atoms with E-state index in [1.807, 2.05) is 18.2 Å². The molecule has 0 unspecified atom stereocenters. The van der Waals surface area contributed by atoms with Crippen molar-refractivity contribution in [1.29, 1.82) is 0 Å². The van der Waals surface area contributed by atoms with Crippen molar-refractivity contribution in [2.24, 2.45) is 5.10 Å². The van der Waals surface area contributed by atoms with Gasteiger partial charge in [-0.2, -0.15) is 5.10 Å². The topological polar surface area (TPSA) is 84.1 Å². The smallest absolute Gasteiger partial charge is 0.307 e. The first-order valence-corrected chi connectivity index (χ1v) is 6.86. The molecule has 116 valence electrons. The fourth-order valence-electron chi connectivity index (χ4n) is 2.09. The Morgan fingerprint density at radius 3 is 2.87 bits per heavy atom. The van der Waals surface area contributed by atoms with Crippen LogP contribution in [0.5, 0.6) is 11.5 Å². The van der Waals surface area contributed by atoms with E-state index in [0.717, 1.165) is 5.39 Å². The summed E-state index contributed by atoms with van der Waals surface area (Å²) in [7, 11) is 1.46. The van der Waals surface area contributed by atoms with E-state index in [2.05, 4.69) is 10.5 Å². The molecule has 6 nitrogen and oxygen atoms in total. The summed E-state index contributed by atoms with van der Waals surface area (Å²) in [5.41, 5.74) is 3.71. The first kappa shape index (κ1) is 14.6. The van der Waals surface area contributed by atoms with Gasteiger partial charge in [-0.05, 0) is 35.9 Å². The van der Waals surface area contributed by atoms with Gasteiger partial charge in [-0.3, -0.25) is 4.79 Å². The number of nitrogens with one attached hydrogen (secondary N) is 1. The predicted octanol–water partition coefficient (Wildman–Crippen LogP) is 2.91. The summed E-state index contributed by atoms with van der Waals surface area (Å²) in [6, 6.07) is 13.8. The van der Waals surface area contributed by atoms with Crippen LogP contribution in [0.2, 0.25) is 0 Å². The number of phenols is 1. The minimum atomic E-state index is -0.441. The molecule has 0 bridgehead atoms. The number of aromatic hydroxyl groups is 1. The number of phenolic OH excluding ortho intramolecular Hbond substituents is 1. The summed E-state index contributed by atoms with van der Waals surface area (Å²) in [5, 5.41) is 14.2. The molecule has 2 N–H and O–H groups in total. The van der Waals surface area contributed by atoms with Crippen LogP contribution in [-0.2, 0) is 0 Å². The molecule has 6 heteroatoms. The minimum Gasteiger partial charge on any atom is -0.504 e. The Balaban J connectivity index is 1.70. The van der Waals surface area contributed by atoms with Crippen molar-refractivity contribution >= 4 is 23.1 Å². The molecule has 3 aromatic rings. The molecule has 0 saturated heterocycles. The highest BCUT2D eigenvalue weighted by Gasteiger charge is 2.10. The third kappa shape index (κ3) is 3.16. The van der Waals surface area contributed by atoms with Gasteiger partial charge in [0.05, 0.1) is 13.3 Å². The molecule has 1 aromatic heterocycles. The highest BCUT2D eigenvalue weighted by Crippen LogP contribution is 2.25. The molecule has 0 fully saturated rings. The number of methoxy groups -OCH3 is 1. The van der Waals surface area contributed by atoms with Crippen LogP contribution >= 0.6 is 0 Å². The Kier molecular flexibility index (Phi) is 3.97. The van der Waals surface area contributed by atoms with Crippen molar-refractivity contribution in [2.45, 2.75) is 0 Å². The fraction of sp³-hybridized carbons (Fsp3) is 0.0588. The number of rotatable bonds is 4. The maximum atomic E-state index is 12.0. The Bertz CT molecular complexity index is 850. The van der Waals surface area contributed by atoms with E-state index in [1.54, 1.807) is 24.3 Å². The average molecular weight is 310 g/mol.